The van der Waals surface area contributed by atoms with Crippen LogP contribution in [0, 0.1) is 0 Å². The van der Waals surface area contributed by atoms with Gasteiger partial charge in [0.25, 0.3) is 0 Å². The highest BCUT2D eigenvalue weighted by molar-refractivity contribution is 7.96. The van der Waals surface area contributed by atoms with Gasteiger partial charge in [0.15, 0.2) is 7.14 Å². The Morgan fingerprint density at radius 2 is 0.755 bits per heavy atom. The zero-order valence-corrected chi connectivity index (χ0v) is 27.8. The van der Waals surface area contributed by atoms with Gasteiger partial charge in [0, 0.05) is 48.8 Å². The number of benzene rings is 7. The number of sulfone groups is 1. The molecular weight excluding hydrogens is 644 g/mol. The van der Waals surface area contributed by atoms with Gasteiger partial charge in [0.2, 0.25) is 9.84 Å². The summed E-state index contributed by atoms with van der Waals surface area (Å²) in [6.45, 7) is 0. The van der Waals surface area contributed by atoms with E-state index in [1.165, 1.54) is 0 Å². The van der Waals surface area contributed by atoms with E-state index in [0.717, 1.165) is 43.6 Å². The summed E-state index contributed by atoms with van der Waals surface area (Å²) in [7, 11) is -7.73. The zero-order valence-electron chi connectivity index (χ0n) is 26.1. The van der Waals surface area contributed by atoms with Gasteiger partial charge in [-0.25, -0.2) is 8.42 Å². The molecule has 2 aromatic heterocycles. The van der Waals surface area contributed by atoms with Gasteiger partial charge >= 0.3 is 0 Å². The van der Waals surface area contributed by atoms with Crippen LogP contribution >= 0.6 is 7.14 Å². The molecule has 0 radical (unpaired) electrons. The molecule has 0 amide bonds. The fourth-order valence-corrected chi connectivity index (χ4v) is 13.5. The molecule has 0 bridgehead atoms. The van der Waals surface area contributed by atoms with Gasteiger partial charge in [-0.15, -0.1) is 0 Å². The summed E-state index contributed by atoms with van der Waals surface area (Å²) in [5, 5.41) is 5.58. The molecule has 49 heavy (non-hydrogen) atoms. The average Bonchev–Trinajstić information content (AvgIpc) is 3.67. The predicted molar refractivity (Wildman–Crippen MR) is 200 cm³/mol. The van der Waals surface area contributed by atoms with E-state index in [0.29, 0.717) is 27.3 Å². The lowest BCUT2D eigenvalue weighted by atomic mass is 10.2. The second kappa shape index (κ2) is 10.2. The van der Waals surface area contributed by atoms with Crippen LogP contribution in [0.4, 0.5) is 0 Å². The van der Waals surface area contributed by atoms with Gasteiger partial charge in [-0.1, -0.05) is 103 Å². The molecule has 7 heteroatoms. The van der Waals surface area contributed by atoms with Crippen molar-refractivity contribution in [3.8, 4) is 11.4 Å². The van der Waals surface area contributed by atoms with Crippen LogP contribution in [0.1, 0.15) is 0 Å². The van der Waals surface area contributed by atoms with Gasteiger partial charge in [0.1, 0.15) is 0 Å². The third-order valence-electron chi connectivity index (χ3n) is 9.94. The van der Waals surface area contributed by atoms with Gasteiger partial charge in [-0.2, -0.15) is 0 Å². The van der Waals surface area contributed by atoms with Crippen molar-refractivity contribution in [3.05, 3.63) is 164 Å². The first kappa shape index (κ1) is 28.3. The highest BCUT2D eigenvalue weighted by atomic mass is 32.2. The molecule has 234 valence electrons. The van der Waals surface area contributed by atoms with Crippen molar-refractivity contribution in [2.24, 2.45) is 0 Å². The molecular formula is C42H27N2O3PS. The molecule has 0 saturated carbocycles. The van der Waals surface area contributed by atoms with Crippen molar-refractivity contribution in [3.63, 3.8) is 0 Å². The molecule has 0 saturated heterocycles. The van der Waals surface area contributed by atoms with Crippen molar-refractivity contribution >= 4 is 76.5 Å². The van der Waals surface area contributed by atoms with Gasteiger partial charge < -0.3 is 13.7 Å². The van der Waals surface area contributed by atoms with E-state index in [-0.39, 0.29) is 9.79 Å². The van der Waals surface area contributed by atoms with Crippen molar-refractivity contribution in [2.75, 3.05) is 0 Å². The van der Waals surface area contributed by atoms with E-state index in [1.807, 2.05) is 115 Å². The number of hydrogen-bond acceptors (Lipinski definition) is 3. The number of nitrogens with zero attached hydrogens (tertiary/aromatic N) is 2. The van der Waals surface area contributed by atoms with Crippen molar-refractivity contribution in [1.82, 2.24) is 9.13 Å². The van der Waals surface area contributed by atoms with Crippen LogP contribution < -0.4 is 15.9 Å². The molecule has 0 aliphatic carbocycles. The van der Waals surface area contributed by atoms with Crippen LogP contribution in [0.5, 0.6) is 0 Å². The third-order valence-corrected chi connectivity index (χ3v) is 15.2. The fraction of sp³-hybridized carbons (Fsp3) is 0. The number of aromatic nitrogens is 2. The molecule has 0 unspecified atom stereocenters. The quantitative estimate of drug-likeness (QED) is 0.177. The highest BCUT2D eigenvalue weighted by Gasteiger charge is 2.44. The molecule has 10 rings (SSSR count). The molecule has 0 N–H and O–H groups in total. The van der Waals surface area contributed by atoms with Gasteiger partial charge in [-0.05, 0) is 60.7 Å². The maximum absolute atomic E-state index is 15.7. The molecule has 5 nitrogen and oxygen atoms in total. The Labute approximate surface area is 282 Å². The molecule has 7 aromatic carbocycles. The minimum Gasteiger partial charge on any atom is -0.309 e. The van der Waals surface area contributed by atoms with Crippen LogP contribution in [0.2, 0.25) is 0 Å². The van der Waals surface area contributed by atoms with Gasteiger partial charge in [-0.3, -0.25) is 0 Å². The normalized spacial score (nSPS) is 14.7. The Morgan fingerprint density at radius 1 is 0.408 bits per heavy atom. The van der Waals surface area contributed by atoms with E-state index >= 15 is 4.57 Å². The lowest BCUT2D eigenvalue weighted by Gasteiger charge is -2.30. The first-order valence-electron chi connectivity index (χ1n) is 16.1. The largest absolute Gasteiger partial charge is 0.309 e. The van der Waals surface area contributed by atoms with Crippen molar-refractivity contribution in [2.45, 2.75) is 9.79 Å². The van der Waals surface area contributed by atoms with Crippen LogP contribution in [-0.2, 0) is 14.4 Å². The number of rotatable bonds is 3. The molecule has 3 heterocycles. The van der Waals surface area contributed by atoms with Crippen molar-refractivity contribution < 1.29 is 13.0 Å². The first-order chi connectivity index (χ1) is 24.0. The van der Waals surface area contributed by atoms with Crippen LogP contribution in [-0.4, -0.2) is 17.6 Å². The second-order valence-electron chi connectivity index (χ2n) is 12.5. The summed E-state index contributed by atoms with van der Waals surface area (Å²) in [6, 6.07) is 52.6. The molecule has 0 spiro atoms. The maximum Gasteiger partial charge on any atom is 0.208 e. The Bertz CT molecular complexity index is 2710. The van der Waals surface area contributed by atoms with Gasteiger partial charge in [0.05, 0.1) is 31.9 Å². The lowest BCUT2D eigenvalue weighted by Crippen LogP contribution is -2.36. The van der Waals surface area contributed by atoms with Crippen LogP contribution in [0.15, 0.2) is 174 Å². The maximum atomic E-state index is 15.7. The lowest BCUT2D eigenvalue weighted by molar-refractivity contribution is 0.585. The summed E-state index contributed by atoms with van der Waals surface area (Å²) in [5.41, 5.74) is 5.27. The smallest absolute Gasteiger partial charge is 0.208 e. The molecule has 1 aliphatic heterocycles. The predicted octanol–water partition coefficient (Wildman–Crippen LogP) is 8.67. The monoisotopic (exact) mass is 670 g/mol. The summed E-state index contributed by atoms with van der Waals surface area (Å²) in [5.74, 6) is 0. The number of para-hydroxylation sites is 4. The number of hydrogen-bond donors (Lipinski definition) is 0. The third kappa shape index (κ3) is 3.81. The Morgan fingerprint density at radius 3 is 1.14 bits per heavy atom. The minimum atomic E-state index is -4.12. The number of fused-ring (bicyclic) bond motifs is 8. The van der Waals surface area contributed by atoms with E-state index in [1.54, 1.807) is 24.3 Å². The summed E-state index contributed by atoms with van der Waals surface area (Å²) >= 11 is 0. The van der Waals surface area contributed by atoms with Crippen LogP contribution in [0.25, 0.3) is 55.0 Å². The summed E-state index contributed by atoms with van der Waals surface area (Å²) < 4.78 is 49.9. The molecule has 9 aromatic rings. The Balaban J connectivity index is 1.27. The zero-order chi connectivity index (χ0) is 32.9. The average molecular weight is 671 g/mol. The second-order valence-corrected chi connectivity index (χ2v) is 17.1. The minimum absolute atomic E-state index is 0.0749. The SMILES string of the molecule is O=P1(c2ccccc2)c2ccc(-n3c4ccccc4c4ccccc43)cc2S(=O)(=O)c2cc(-n3c4ccccc4c4ccccc43)ccc21. The first-order valence-corrected chi connectivity index (χ1v) is 19.3. The molecule has 1 aliphatic rings. The Kier molecular flexibility index (Phi) is 5.88. The highest BCUT2D eigenvalue weighted by Crippen LogP contribution is 2.51. The standard InChI is InChI=1S/C42H27N2O3PS/c45-48(30-12-2-1-3-13-30)39-24-22-28(43-35-18-8-4-14-31(35)32-15-5-9-19-36(32)43)26-41(39)49(46,47)42-27-29(23-25-40(42)48)44-37-20-10-6-16-33(37)34-17-7-11-21-38(34)44/h1-27H. The van der Waals surface area contributed by atoms with E-state index in [4.69, 9.17) is 0 Å². The molecule has 0 fully saturated rings. The van der Waals surface area contributed by atoms with Crippen LogP contribution in [0.3, 0.4) is 0 Å². The fourth-order valence-electron chi connectivity index (χ4n) is 7.80. The van der Waals surface area contributed by atoms with E-state index in [2.05, 4.69) is 33.4 Å². The Hall–Kier alpha value is -5.68. The van der Waals surface area contributed by atoms with Crippen molar-refractivity contribution in [1.29, 1.82) is 0 Å². The summed E-state index contributed by atoms with van der Waals surface area (Å²) in [6.07, 6.45) is 0. The molecule has 0 atom stereocenters. The summed E-state index contributed by atoms with van der Waals surface area (Å²) in [4.78, 5) is 0.150. The van der Waals surface area contributed by atoms with E-state index < -0.39 is 17.0 Å². The topological polar surface area (TPSA) is 61.1 Å². The van der Waals surface area contributed by atoms with E-state index in [9.17, 15) is 8.42 Å².